The molecule has 0 spiro atoms. The number of pyridine rings is 1. The Balaban J connectivity index is 1.90. The number of nitrogens with one attached hydrogen (secondary N) is 1. The maximum atomic E-state index is 12.0. The quantitative estimate of drug-likeness (QED) is 0.779. The first-order chi connectivity index (χ1) is 11.2. The zero-order valence-electron chi connectivity index (χ0n) is 13.0. The minimum Gasteiger partial charge on any atom is -0.481 e. The molecular weight excluding hydrogens is 310 g/mol. The molecule has 1 N–H and O–H groups in total. The Morgan fingerprint density at radius 3 is 2.87 bits per heavy atom. The molecule has 23 heavy (non-hydrogen) atoms. The van der Waals surface area contributed by atoms with E-state index < -0.39 is 0 Å². The lowest BCUT2D eigenvalue weighted by Crippen LogP contribution is -2.23. The van der Waals surface area contributed by atoms with Crippen molar-refractivity contribution in [2.75, 3.05) is 13.7 Å². The zero-order chi connectivity index (χ0) is 16.2. The largest absolute Gasteiger partial charge is 0.481 e. The summed E-state index contributed by atoms with van der Waals surface area (Å²) in [6.45, 7) is 2.71. The highest BCUT2D eigenvalue weighted by Crippen LogP contribution is 2.30. The molecule has 0 aliphatic rings. The third-order valence-electron chi connectivity index (χ3n) is 3.38. The van der Waals surface area contributed by atoms with Gasteiger partial charge < -0.3 is 10.1 Å². The molecule has 2 heterocycles. The van der Waals surface area contributed by atoms with Crippen LogP contribution in [0.5, 0.6) is 5.88 Å². The lowest BCUT2D eigenvalue weighted by Gasteiger charge is -2.02. The van der Waals surface area contributed by atoms with Crippen molar-refractivity contribution >= 4 is 27.5 Å². The zero-order valence-corrected chi connectivity index (χ0v) is 13.8. The highest BCUT2D eigenvalue weighted by Gasteiger charge is 2.10. The Hall–Kier alpha value is -2.47. The summed E-state index contributed by atoms with van der Waals surface area (Å²) in [6, 6.07) is 9.32. The molecular formula is C17H17N3O2S. The number of aromatic nitrogens is 2. The van der Waals surface area contributed by atoms with E-state index in [1.54, 1.807) is 24.6 Å². The van der Waals surface area contributed by atoms with E-state index in [1.807, 2.05) is 37.3 Å². The predicted molar refractivity (Wildman–Crippen MR) is 92.0 cm³/mol. The number of nitrogens with zero attached hydrogens (tertiary/aromatic N) is 2. The van der Waals surface area contributed by atoms with E-state index in [0.29, 0.717) is 18.0 Å². The number of thiazole rings is 1. The van der Waals surface area contributed by atoms with Gasteiger partial charge in [-0.15, -0.1) is 11.3 Å². The van der Waals surface area contributed by atoms with Gasteiger partial charge in [-0.05, 0) is 30.7 Å². The molecule has 0 bridgehead atoms. The standard InChI is InChI=1S/C17H17N3O2S/c1-3-8-18-16(21)11-4-6-13-14(9-11)23-17(20-13)12-5-7-15(22-2)19-10-12/h4-7,9-10H,3,8H2,1-2H3,(H,18,21). The number of methoxy groups -OCH3 is 1. The molecule has 0 radical (unpaired) electrons. The molecule has 3 aromatic rings. The van der Waals surface area contributed by atoms with Crippen LogP contribution < -0.4 is 10.1 Å². The van der Waals surface area contributed by atoms with E-state index >= 15 is 0 Å². The number of carbonyl (C=O) groups is 1. The SMILES string of the molecule is CCCNC(=O)c1ccc2nc(-c3ccc(OC)nc3)sc2c1. The lowest BCUT2D eigenvalue weighted by molar-refractivity contribution is 0.0954. The van der Waals surface area contributed by atoms with E-state index in [1.165, 1.54) is 0 Å². The van der Waals surface area contributed by atoms with Crippen molar-refractivity contribution in [3.05, 3.63) is 42.1 Å². The molecule has 6 heteroatoms. The molecule has 2 aromatic heterocycles. The van der Waals surface area contributed by atoms with Gasteiger partial charge in [0.2, 0.25) is 5.88 Å². The van der Waals surface area contributed by atoms with Gasteiger partial charge in [-0.25, -0.2) is 9.97 Å². The van der Waals surface area contributed by atoms with Crippen LogP contribution in [0.1, 0.15) is 23.7 Å². The third-order valence-corrected chi connectivity index (χ3v) is 4.45. The second-order valence-corrected chi connectivity index (χ2v) is 6.08. The Morgan fingerprint density at radius 2 is 2.17 bits per heavy atom. The number of rotatable bonds is 5. The van der Waals surface area contributed by atoms with E-state index in [9.17, 15) is 4.79 Å². The van der Waals surface area contributed by atoms with Crippen LogP contribution in [-0.4, -0.2) is 29.5 Å². The molecule has 118 valence electrons. The molecule has 0 saturated heterocycles. The summed E-state index contributed by atoms with van der Waals surface area (Å²) in [5.74, 6) is 0.527. The number of hydrogen-bond acceptors (Lipinski definition) is 5. The average Bonchev–Trinajstić information content (AvgIpc) is 3.02. The summed E-state index contributed by atoms with van der Waals surface area (Å²) < 4.78 is 6.05. The monoisotopic (exact) mass is 327 g/mol. The molecule has 0 fully saturated rings. The fourth-order valence-corrected chi connectivity index (χ4v) is 3.15. The Kier molecular flexibility index (Phi) is 4.52. The summed E-state index contributed by atoms with van der Waals surface area (Å²) in [6.07, 6.45) is 2.66. The minimum atomic E-state index is -0.0465. The second-order valence-electron chi connectivity index (χ2n) is 5.05. The number of fused-ring (bicyclic) bond motifs is 1. The van der Waals surface area contributed by atoms with Crippen LogP contribution in [0, 0.1) is 0 Å². The molecule has 0 unspecified atom stereocenters. The van der Waals surface area contributed by atoms with Gasteiger partial charge in [-0.1, -0.05) is 6.92 Å². The van der Waals surface area contributed by atoms with Crippen molar-refractivity contribution in [2.45, 2.75) is 13.3 Å². The molecule has 0 aliphatic carbocycles. The Morgan fingerprint density at radius 1 is 1.30 bits per heavy atom. The Bertz CT molecular complexity index is 827. The first-order valence-corrected chi connectivity index (χ1v) is 8.22. The van der Waals surface area contributed by atoms with Gasteiger partial charge in [0, 0.05) is 29.9 Å². The van der Waals surface area contributed by atoms with Gasteiger partial charge in [0.05, 0.1) is 17.3 Å². The molecule has 3 rings (SSSR count). The average molecular weight is 327 g/mol. The summed E-state index contributed by atoms with van der Waals surface area (Å²) in [5.41, 5.74) is 2.48. The molecule has 0 aliphatic heterocycles. The summed E-state index contributed by atoms with van der Waals surface area (Å²) in [5, 5.41) is 3.76. The van der Waals surface area contributed by atoms with Crippen molar-refractivity contribution in [3.63, 3.8) is 0 Å². The van der Waals surface area contributed by atoms with Gasteiger partial charge in [-0.3, -0.25) is 4.79 Å². The first kappa shape index (κ1) is 15.4. The van der Waals surface area contributed by atoms with Crippen molar-refractivity contribution in [1.82, 2.24) is 15.3 Å². The number of benzene rings is 1. The number of hydrogen-bond donors (Lipinski definition) is 1. The van der Waals surface area contributed by atoms with Crippen LogP contribution in [-0.2, 0) is 0 Å². The van der Waals surface area contributed by atoms with Crippen LogP contribution >= 0.6 is 11.3 Å². The summed E-state index contributed by atoms with van der Waals surface area (Å²) in [7, 11) is 1.59. The fraction of sp³-hybridized carbons (Fsp3) is 0.235. The molecule has 0 saturated carbocycles. The van der Waals surface area contributed by atoms with Gasteiger partial charge >= 0.3 is 0 Å². The second kappa shape index (κ2) is 6.75. The maximum absolute atomic E-state index is 12.0. The van der Waals surface area contributed by atoms with Gasteiger partial charge in [-0.2, -0.15) is 0 Å². The van der Waals surface area contributed by atoms with Crippen LogP contribution in [0.15, 0.2) is 36.5 Å². The fourth-order valence-electron chi connectivity index (χ4n) is 2.16. The van der Waals surface area contributed by atoms with E-state index in [2.05, 4.69) is 15.3 Å². The van der Waals surface area contributed by atoms with E-state index in [4.69, 9.17) is 4.74 Å². The van der Waals surface area contributed by atoms with Crippen LogP contribution in [0.3, 0.4) is 0 Å². The van der Waals surface area contributed by atoms with E-state index in [0.717, 1.165) is 27.2 Å². The lowest BCUT2D eigenvalue weighted by atomic mass is 10.2. The number of amides is 1. The van der Waals surface area contributed by atoms with Crippen molar-refractivity contribution in [1.29, 1.82) is 0 Å². The molecule has 1 aromatic carbocycles. The van der Waals surface area contributed by atoms with Crippen LogP contribution in [0.4, 0.5) is 0 Å². The van der Waals surface area contributed by atoms with Crippen molar-refractivity contribution in [2.24, 2.45) is 0 Å². The first-order valence-electron chi connectivity index (χ1n) is 7.40. The minimum absolute atomic E-state index is 0.0465. The normalized spacial score (nSPS) is 10.7. The maximum Gasteiger partial charge on any atom is 0.251 e. The molecule has 1 amide bonds. The van der Waals surface area contributed by atoms with Crippen molar-refractivity contribution in [3.8, 4) is 16.5 Å². The van der Waals surface area contributed by atoms with Crippen LogP contribution in [0.2, 0.25) is 0 Å². The molecule has 0 atom stereocenters. The van der Waals surface area contributed by atoms with Gasteiger partial charge in [0.1, 0.15) is 5.01 Å². The van der Waals surface area contributed by atoms with Gasteiger partial charge in [0.15, 0.2) is 0 Å². The summed E-state index contributed by atoms with van der Waals surface area (Å²) in [4.78, 5) is 20.9. The number of carbonyl (C=O) groups excluding carboxylic acids is 1. The van der Waals surface area contributed by atoms with E-state index in [-0.39, 0.29) is 5.91 Å². The van der Waals surface area contributed by atoms with Gasteiger partial charge in [0.25, 0.3) is 5.91 Å². The molecule has 5 nitrogen and oxygen atoms in total. The predicted octanol–water partition coefficient (Wildman–Crippen LogP) is 3.51. The highest BCUT2D eigenvalue weighted by atomic mass is 32.1. The van der Waals surface area contributed by atoms with Crippen molar-refractivity contribution < 1.29 is 9.53 Å². The third kappa shape index (κ3) is 3.32. The highest BCUT2D eigenvalue weighted by molar-refractivity contribution is 7.21. The Labute approximate surface area is 138 Å². The number of ether oxygens (including phenoxy) is 1. The van der Waals surface area contributed by atoms with Crippen LogP contribution in [0.25, 0.3) is 20.8 Å². The topological polar surface area (TPSA) is 64.1 Å². The smallest absolute Gasteiger partial charge is 0.251 e. The summed E-state index contributed by atoms with van der Waals surface area (Å²) >= 11 is 1.55.